The molecule has 1 unspecified atom stereocenters. The fraction of sp³-hybridized carbons (Fsp3) is 0.800. The number of rotatable bonds is 2. The molecule has 90 valence electrons. The Morgan fingerprint density at radius 3 is 2.75 bits per heavy atom. The second-order valence-corrected chi connectivity index (χ2v) is 5.21. The van der Waals surface area contributed by atoms with Crippen LogP contribution < -0.4 is 4.90 Å². The van der Waals surface area contributed by atoms with Gasteiger partial charge in [0.1, 0.15) is 5.38 Å². The lowest BCUT2D eigenvalue weighted by molar-refractivity contribution is 0.0610. The molecule has 0 radical (unpaired) electrons. The van der Waals surface area contributed by atoms with Crippen LogP contribution >= 0.6 is 11.6 Å². The number of aromatic nitrogens is 2. The standard InChI is InChI=1S/C10H16ClN3O2/c1-7(11)8-12-13-9(16-8)14-4-5-15-6-10(14,2)3/h7H,4-6H2,1-3H3. The molecule has 5 nitrogen and oxygen atoms in total. The maximum Gasteiger partial charge on any atom is 0.318 e. The van der Waals surface area contributed by atoms with Crippen molar-refractivity contribution in [3.63, 3.8) is 0 Å². The first kappa shape index (κ1) is 11.7. The van der Waals surface area contributed by atoms with E-state index in [1.165, 1.54) is 0 Å². The molecule has 16 heavy (non-hydrogen) atoms. The van der Waals surface area contributed by atoms with Crippen LogP contribution in [-0.2, 0) is 4.74 Å². The highest BCUT2D eigenvalue weighted by atomic mass is 35.5. The van der Waals surface area contributed by atoms with Crippen molar-refractivity contribution in [2.75, 3.05) is 24.7 Å². The molecule has 1 aliphatic rings. The molecule has 1 aromatic rings. The number of hydrogen-bond donors (Lipinski definition) is 0. The number of hydrogen-bond acceptors (Lipinski definition) is 5. The summed E-state index contributed by atoms with van der Waals surface area (Å²) in [4.78, 5) is 2.06. The van der Waals surface area contributed by atoms with Crippen LogP contribution in [0.25, 0.3) is 0 Å². The quantitative estimate of drug-likeness (QED) is 0.746. The van der Waals surface area contributed by atoms with E-state index in [2.05, 4.69) is 28.9 Å². The zero-order valence-corrected chi connectivity index (χ0v) is 10.5. The number of anilines is 1. The molecule has 1 saturated heterocycles. The van der Waals surface area contributed by atoms with Gasteiger partial charge in [-0.25, -0.2) is 0 Å². The van der Waals surface area contributed by atoms with Crippen LogP contribution in [0.4, 0.5) is 6.01 Å². The summed E-state index contributed by atoms with van der Waals surface area (Å²) in [5, 5.41) is 7.69. The van der Waals surface area contributed by atoms with Gasteiger partial charge in [-0.3, -0.25) is 0 Å². The lowest BCUT2D eigenvalue weighted by atomic mass is 10.0. The second-order valence-electron chi connectivity index (χ2n) is 4.56. The summed E-state index contributed by atoms with van der Waals surface area (Å²) in [5.74, 6) is 0.457. The molecule has 0 spiro atoms. The van der Waals surface area contributed by atoms with Gasteiger partial charge in [-0.1, -0.05) is 5.10 Å². The summed E-state index contributed by atoms with van der Waals surface area (Å²) in [6, 6.07) is 0.524. The Bertz CT molecular complexity index is 365. The molecule has 1 fully saturated rings. The highest BCUT2D eigenvalue weighted by molar-refractivity contribution is 6.20. The van der Waals surface area contributed by atoms with Crippen molar-refractivity contribution in [3.05, 3.63) is 5.89 Å². The predicted molar refractivity (Wildman–Crippen MR) is 60.8 cm³/mol. The summed E-state index contributed by atoms with van der Waals surface area (Å²) in [7, 11) is 0. The minimum Gasteiger partial charge on any atom is -0.406 e. The average Bonchev–Trinajstić information content (AvgIpc) is 2.65. The van der Waals surface area contributed by atoms with Crippen molar-refractivity contribution in [1.82, 2.24) is 10.2 Å². The Kier molecular flexibility index (Phi) is 3.08. The Hall–Kier alpha value is -0.810. The lowest BCUT2D eigenvalue weighted by Crippen LogP contribution is -2.53. The Morgan fingerprint density at radius 2 is 2.19 bits per heavy atom. The fourth-order valence-electron chi connectivity index (χ4n) is 1.71. The summed E-state index contributed by atoms with van der Waals surface area (Å²) in [5.41, 5.74) is -0.127. The normalized spacial score (nSPS) is 22.1. The smallest absolute Gasteiger partial charge is 0.318 e. The van der Waals surface area contributed by atoms with Crippen molar-refractivity contribution in [1.29, 1.82) is 0 Å². The Labute approximate surface area is 99.7 Å². The van der Waals surface area contributed by atoms with E-state index in [1.807, 2.05) is 6.92 Å². The predicted octanol–water partition coefficient (Wildman–Crippen LogP) is 1.98. The van der Waals surface area contributed by atoms with Crippen LogP contribution in [0.1, 0.15) is 32.0 Å². The Morgan fingerprint density at radius 1 is 1.44 bits per heavy atom. The van der Waals surface area contributed by atoms with E-state index >= 15 is 0 Å². The van der Waals surface area contributed by atoms with Crippen LogP contribution in [0.2, 0.25) is 0 Å². The minimum absolute atomic E-state index is 0.127. The van der Waals surface area contributed by atoms with Crippen LogP contribution in [0, 0.1) is 0 Å². The topological polar surface area (TPSA) is 51.4 Å². The zero-order valence-electron chi connectivity index (χ0n) is 9.73. The molecule has 6 heteroatoms. The summed E-state index contributed by atoms with van der Waals surface area (Å²) in [6.07, 6.45) is 0. The highest BCUT2D eigenvalue weighted by Gasteiger charge is 2.34. The maximum atomic E-state index is 5.89. The number of alkyl halides is 1. The molecule has 0 N–H and O–H groups in total. The number of nitrogens with zero attached hydrogens (tertiary/aromatic N) is 3. The summed E-state index contributed by atoms with van der Waals surface area (Å²) in [6.45, 7) is 8.06. The third kappa shape index (κ3) is 2.15. The van der Waals surface area contributed by atoms with E-state index in [-0.39, 0.29) is 10.9 Å². The molecule has 0 aliphatic carbocycles. The van der Waals surface area contributed by atoms with Crippen LogP contribution in [0.5, 0.6) is 0 Å². The molecule has 0 aromatic carbocycles. The van der Waals surface area contributed by atoms with Gasteiger partial charge in [0.2, 0.25) is 5.89 Å². The van der Waals surface area contributed by atoms with Gasteiger partial charge in [0.15, 0.2) is 0 Å². The highest BCUT2D eigenvalue weighted by Crippen LogP contribution is 2.28. The number of halogens is 1. The molecule has 1 aliphatic heterocycles. The molecule has 0 saturated carbocycles. The summed E-state index contributed by atoms with van der Waals surface area (Å²) < 4.78 is 11.0. The molecular formula is C10H16ClN3O2. The van der Waals surface area contributed by atoms with Crippen LogP contribution in [0.3, 0.4) is 0 Å². The van der Waals surface area contributed by atoms with E-state index in [9.17, 15) is 0 Å². The number of ether oxygens (including phenoxy) is 1. The Balaban J connectivity index is 2.21. The fourth-order valence-corrected chi connectivity index (χ4v) is 1.80. The van der Waals surface area contributed by atoms with Gasteiger partial charge in [0.05, 0.1) is 18.8 Å². The van der Waals surface area contributed by atoms with Crippen molar-refractivity contribution < 1.29 is 9.15 Å². The second kappa shape index (κ2) is 4.22. The molecule has 0 amide bonds. The third-order valence-electron chi connectivity index (χ3n) is 2.65. The van der Waals surface area contributed by atoms with E-state index in [0.717, 1.165) is 6.54 Å². The van der Waals surface area contributed by atoms with E-state index in [4.69, 9.17) is 20.8 Å². The summed E-state index contributed by atoms with van der Waals surface area (Å²) >= 11 is 5.89. The van der Waals surface area contributed by atoms with Gasteiger partial charge in [0.25, 0.3) is 0 Å². The number of morpholine rings is 1. The largest absolute Gasteiger partial charge is 0.406 e. The minimum atomic E-state index is -0.259. The molecule has 0 bridgehead atoms. The van der Waals surface area contributed by atoms with Crippen molar-refractivity contribution in [2.24, 2.45) is 0 Å². The third-order valence-corrected chi connectivity index (χ3v) is 2.83. The molecular weight excluding hydrogens is 230 g/mol. The monoisotopic (exact) mass is 245 g/mol. The molecule has 1 aromatic heterocycles. The molecule has 1 atom stereocenters. The van der Waals surface area contributed by atoms with Crippen molar-refractivity contribution in [3.8, 4) is 0 Å². The van der Waals surface area contributed by atoms with Crippen LogP contribution in [-0.4, -0.2) is 35.5 Å². The van der Waals surface area contributed by atoms with Gasteiger partial charge < -0.3 is 14.1 Å². The first-order valence-corrected chi connectivity index (χ1v) is 5.77. The molecule has 2 rings (SSSR count). The van der Waals surface area contributed by atoms with Gasteiger partial charge >= 0.3 is 6.01 Å². The van der Waals surface area contributed by atoms with Gasteiger partial charge in [-0.2, -0.15) is 0 Å². The zero-order chi connectivity index (χ0) is 11.8. The van der Waals surface area contributed by atoms with E-state index in [0.29, 0.717) is 25.1 Å². The first-order valence-electron chi connectivity index (χ1n) is 5.33. The molecule has 2 heterocycles. The first-order chi connectivity index (χ1) is 7.50. The van der Waals surface area contributed by atoms with Crippen molar-refractivity contribution in [2.45, 2.75) is 31.7 Å². The lowest BCUT2D eigenvalue weighted by Gasteiger charge is -2.40. The van der Waals surface area contributed by atoms with Gasteiger partial charge in [0, 0.05) is 6.54 Å². The van der Waals surface area contributed by atoms with Crippen LogP contribution in [0.15, 0.2) is 4.42 Å². The van der Waals surface area contributed by atoms with E-state index < -0.39 is 0 Å². The van der Waals surface area contributed by atoms with Gasteiger partial charge in [-0.15, -0.1) is 16.7 Å². The van der Waals surface area contributed by atoms with Crippen molar-refractivity contribution >= 4 is 17.6 Å². The van der Waals surface area contributed by atoms with E-state index in [1.54, 1.807) is 0 Å². The van der Waals surface area contributed by atoms with Gasteiger partial charge in [-0.05, 0) is 20.8 Å². The maximum absolute atomic E-state index is 5.89. The average molecular weight is 246 g/mol. The SMILES string of the molecule is CC(Cl)c1nnc(N2CCOCC2(C)C)o1.